The summed E-state index contributed by atoms with van der Waals surface area (Å²) in [6, 6.07) is 5.52. The van der Waals surface area contributed by atoms with Gasteiger partial charge in [-0.3, -0.25) is 0 Å². The second kappa shape index (κ2) is 4.06. The number of halogens is 1. The van der Waals surface area contributed by atoms with E-state index in [0.29, 0.717) is 11.8 Å². The van der Waals surface area contributed by atoms with Gasteiger partial charge in [0.25, 0.3) is 0 Å². The first kappa shape index (κ1) is 10.2. The quantitative estimate of drug-likeness (QED) is 0.812. The standard InChI is InChI=1S/C11H15FN2O/c1-14(9-6-13-7-9)8-3-4-11(15-2)10(12)5-8/h3-5,9,13H,6-7H2,1-2H3. The Morgan fingerprint density at radius 3 is 2.67 bits per heavy atom. The molecule has 1 aliphatic rings. The van der Waals surface area contributed by atoms with Gasteiger partial charge in [0.05, 0.1) is 13.2 Å². The molecular formula is C11H15FN2O. The number of ether oxygens (including phenoxy) is 1. The van der Waals surface area contributed by atoms with Gasteiger partial charge in [0.1, 0.15) is 0 Å². The Hall–Kier alpha value is -1.29. The van der Waals surface area contributed by atoms with E-state index in [0.717, 1.165) is 18.8 Å². The molecule has 0 radical (unpaired) electrons. The molecule has 0 amide bonds. The fraction of sp³-hybridized carbons (Fsp3) is 0.455. The Bertz CT molecular complexity index is 352. The van der Waals surface area contributed by atoms with E-state index in [9.17, 15) is 4.39 Å². The molecule has 0 spiro atoms. The Morgan fingerprint density at radius 1 is 1.47 bits per heavy atom. The molecule has 1 aliphatic heterocycles. The lowest BCUT2D eigenvalue weighted by Gasteiger charge is -2.37. The van der Waals surface area contributed by atoms with Crippen LogP contribution in [0.4, 0.5) is 10.1 Å². The molecule has 1 saturated heterocycles. The zero-order valence-electron chi connectivity index (χ0n) is 8.96. The summed E-state index contributed by atoms with van der Waals surface area (Å²) in [5.41, 5.74) is 0.889. The predicted octanol–water partition coefficient (Wildman–Crippen LogP) is 1.24. The smallest absolute Gasteiger partial charge is 0.167 e. The van der Waals surface area contributed by atoms with Crippen molar-refractivity contribution in [2.24, 2.45) is 0 Å². The van der Waals surface area contributed by atoms with Gasteiger partial charge in [0.2, 0.25) is 0 Å². The number of hydrogen-bond acceptors (Lipinski definition) is 3. The van der Waals surface area contributed by atoms with E-state index in [2.05, 4.69) is 10.2 Å². The molecule has 15 heavy (non-hydrogen) atoms. The van der Waals surface area contributed by atoms with Crippen LogP contribution in [-0.4, -0.2) is 33.3 Å². The minimum Gasteiger partial charge on any atom is -0.494 e. The lowest BCUT2D eigenvalue weighted by Crippen LogP contribution is -2.56. The van der Waals surface area contributed by atoms with Crippen molar-refractivity contribution in [2.45, 2.75) is 6.04 Å². The van der Waals surface area contributed by atoms with Gasteiger partial charge in [0.15, 0.2) is 11.6 Å². The Labute approximate surface area is 88.8 Å². The Kier molecular flexibility index (Phi) is 2.77. The maximum absolute atomic E-state index is 13.4. The van der Waals surface area contributed by atoms with Gasteiger partial charge in [0, 0.05) is 31.9 Å². The van der Waals surface area contributed by atoms with Crippen LogP contribution < -0.4 is 15.0 Å². The molecule has 2 rings (SSSR count). The van der Waals surface area contributed by atoms with E-state index in [4.69, 9.17) is 4.74 Å². The summed E-state index contributed by atoms with van der Waals surface area (Å²) < 4.78 is 18.3. The molecule has 1 fully saturated rings. The molecular weight excluding hydrogens is 195 g/mol. The number of benzene rings is 1. The van der Waals surface area contributed by atoms with Crippen LogP contribution in [-0.2, 0) is 0 Å². The third-order valence-electron chi connectivity index (χ3n) is 2.85. The third kappa shape index (κ3) is 1.90. The molecule has 0 atom stereocenters. The number of rotatable bonds is 3. The highest BCUT2D eigenvalue weighted by atomic mass is 19.1. The fourth-order valence-corrected chi connectivity index (χ4v) is 1.63. The second-order valence-corrected chi connectivity index (χ2v) is 3.74. The van der Waals surface area contributed by atoms with Crippen LogP contribution in [0.1, 0.15) is 0 Å². The van der Waals surface area contributed by atoms with E-state index in [1.807, 2.05) is 13.1 Å². The van der Waals surface area contributed by atoms with Crippen molar-refractivity contribution in [2.75, 3.05) is 32.1 Å². The van der Waals surface area contributed by atoms with Crippen molar-refractivity contribution in [3.05, 3.63) is 24.0 Å². The largest absolute Gasteiger partial charge is 0.494 e. The molecule has 1 N–H and O–H groups in total. The van der Waals surface area contributed by atoms with Crippen molar-refractivity contribution < 1.29 is 9.13 Å². The Balaban J connectivity index is 2.17. The molecule has 4 heteroatoms. The summed E-state index contributed by atoms with van der Waals surface area (Å²) in [6.07, 6.45) is 0. The molecule has 82 valence electrons. The SMILES string of the molecule is COc1ccc(N(C)C2CNC2)cc1F. The second-order valence-electron chi connectivity index (χ2n) is 3.74. The lowest BCUT2D eigenvalue weighted by molar-refractivity contribution is 0.386. The number of hydrogen-bond donors (Lipinski definition) is 1. The van der Waals surface area contributed by atoms with E-state index in [1.54, 1.807) is 6.07 Å². The van der Waals surface area contributed by atoms with Gasteiger partial charge in [-0.1, -0.05) is 0 Å². The lowest BCUT2D eigenvalue weighted by atomic mass is 10.1. The third-order valence-corrected chi connectivity index (χ3v) is 2.85. The van der Waals surface area contributed by atoms with Gasteiger partial charge in [-0.2, -0.15) is 0 Å². The van der Waals surface area contributed by atoms with Crippen LogP contribution >= 0.6 is 0 Å². The number of anilines is 1. The minimum atomic E-state index is -0.311. The van der Waals surface area contributed by atoms with Crippen molar-refractivity contribution >= 4 is 5.69 Å². The average molecular weight is 210 g/mol. The van der Waals surface area contributed by atoms with Crippen molar-refractivity contribution in [1.82, 2.24) is 5.32 Å². The Morgan fingerprint density at radius 2 is 2.20 bits per heavy atom. The monoisotopic (exact) mass is 210 g/mol. The topological polar surface area (TPSA) is 24.5 Å². The normalized spacial score (nSPS) is 15.9. The maximum Gasteiger partial charge on any atom is 0.167 e. The fourth-order valence-electron chi connectivity index (χ4n) is 1.63. The first-order chi connectivity index (χ1) is 7.22. The zero-order valence-corrected chi connectivity index (χ0v) is 8.96. The molecule has 1 aromatic carbocycles. The van der Waals surface area contributed by atoms with Gasteiger partial charge in [-0.25, -0.2) is 4.39 Å². The highest BCUT2D eigenvalue weighted by molar-refractivity contribution is 5.50. The van der Waals surface area contributed by atoms with E-state index in [-0.39, 0.29) is 5.82 Å². The van der Waals surface area contributed by atoms with Gasteiger partial charge < -0.3 is 15.0 Å². The van der Waals surface area contributed by atoms with Gasteiger partial charge in [-0.05, 0) is 12.1 Å². The maximum atomic E-state index is 13.4. The van der Waals surface area contributed by atoms with E-state index >= 15 is 0 Å². The minimum absolute atomic E-state index is 0.291. The molecule has 0 bridgehead atoms. The predicted molar refractivity (Wildman–Crippen MR) is 58.0 cm³/mol. The first-order valence-electron chi connectivity index (χ1n) is 4.99. The van der Waals surface area contributed by atoms with E-state index < -0.39 is 0 Å². The summed E-state index contributed by atoms with van der Waals surface area (Å²) in [4.78, 5) is 2.08. The number of methoxy groups -OCH3 is 1. The molecule has 0 saturated carbocycles. The molecule has 3 nitrogen and oxygen atoms in total. The number of nitrogens with one attached hydrogen (secondary N) is 1. The number of nitrogens with zero attached hydrogens (tertiary/aromatic N) is 1. The summed E-state index contributed by atoms with van der Waals surface area (Å²) in [5.74, 6) is -0.0204. The average Bonchev–Trinajstić information content (AvgIpc) is 2.15. The molecule has 1 aromatic rings. The van der Waals surface area contributed by atoms with Crippen LogP contribution in [0.15, 0.2) is 18.2 Å². The molecule has 1 heterocycles. The molecule has 0 unspecified atom stereocenters. The number of likely N-dealkylation sites (N-methyl/N-ethyl adjacent to an activating group) is 1. The highest BCUT2D eigenvalue weighted by Gasteiger charge is 2.22. The summed E-state index contributed by atoms with van der Waals surface area (Å²) in [7, 11) is 3.45. The van der Waals surface area contributed by atoms with Crippen molar-refractivity contribution in [3.63, 3.8) is 0 Å². The van der Waals surface area contributed by atoms with Crippen LogP contribution in [0.25, 0.3) is 0 Å². The van der Waals surface area contributed by atoms with E-state index in [1.165, 1.54) is 13.2 Å². The summed E-state index contributed by atoms with van der Waals surface area (Å²) in [6.45, 7) is 1.92. The summed E-state index contributed by atoms with van der Waals surface area (Å²) in [5, 5.41) is 3.19. The zero-order chi connectivity index (χ0) is 10.8. The summed E-state index contributed by atoms with van der Waals surface area (Å²) >= 11 is 0. The van der Waals surface area contributed by atoms with Crippen molar-refractivity contribution in [1.29, 1.82) is 0 Å². The van der Waals surface area contributed by atoms with Crippen molar-refractivity contribution in [3.8, 4) is 5.75 Å². The van der Waals surface area contributed by atoms with Gasteiger partial charge >= 0.3 is 0 Å². The highest BCUT2D eigenvalue weighted by Crippen LogP contribution is 2.24. The van der Waals surface area contributed by atoms with Crippen LogP contribution in [0.3, 0.4) is 0 Å². The molecule has 0 aromatic heterocycles. The van der Waals surface area contributed by atoms with Crippen LogP contribution in [0.2, 0.25) is 0 Å². The first-order valence-corrected chi connectivity index (χ1v) is 4.99. The van der Waals surface area contributed by atoms with Gasteiger partial charge in [-0.15, -0.1) is 0 Å². The molecule has 0 aliphatic carbocycles. The van der Waals surface area contributed by atoms with Crippen LogP contribution in [0.5, 0.6) is 5.75 Å². The van der Waals surface area contributed by atoms with Crippen LogP contribution in [0, 0.1) is 5.82 Å².